The molecule has 2 aromatic heterocycles. The predicted octanol–water partition coefficient (Wildman–Crippen LogP) is 4.29. The molecule has 3 heterocycles. The molecule has 2 amide bonds. The number of aryl methyl sites for hydroxylation is 2. The summed E-state index contributed by atoms with van der Waals surface area (Å²) in [5, 5.41) is 7.89. The number of likely N-dealkylation sites (tertiary alicyclic amines) is 1. The number of hydrogen-bond acceptors (Lipinski definition) is 7. The quantitative estimate of drug-likeness (QED) is 0.556. The zero-order valence-corrected chi connectivity index (χ0v) is 18.8. The van der Waals surface area contributed by atoms with E-state index < -0.39 is 12.2 Å². The molecule has 9 heteroatoms. The van der Waals surface area contributed by atoms with Crippen molar-refractivity contribution in [3.05, 3.63) is 64.1 Å². The van der Waals surface area contributed by atoms with Gasteiger partial charge in [-0.25, -0.2) is 14.8 Å². The number of ether oxygens (including phenoxy) is 1. The van der Waals surface area contributed by atoms with Crippen LogP contribution in [0.4, 0.5) is 22.1 Å². The lowest BCUT2D eigenvalue weighted by molar-refractivity contribution is -0.127. The van der Waals surface area contributed by atoms with Gasteiger partial charge in [-0.3, -0.25) is 10.1 Å². The molecule has 0 radical (unpaired) electrons. The molecular formula is C23H25N5O3S. The summed E-state index contributed by atoms with van der Waals surface area (Å²) in [6, 6.07) is 13.1. The summed E-state index contributed by atoms with van der Waals surface area (Å²) in [4.78, 5) is 36.2. The van der Waals surface area contributed by atoms with Crippen molar-refractivity contribution in [2.24, 2.45) is 0 Å². The maximum absolute atomic E-state index is 12.3. The minimum absolute atomic E-state index is 0.0170. The van der Waals surface area contributed by atoms with Gasteiger partial charge in [0.2, 0.25) is 11.9 Å². The first-order chi connectivity index (χ1) is 15.4. The van der Waals surface area contributed by atoms with Gasteiger partial charge in [-0.1, -0.05) is 6.07 Å². The Hall–Kier alpha value is -3.46. The van der Waals surface area contributed by atoms with E-state index in [4.69, 9.17) is 4.74 Å². The number of aromatic nitrogens is 2. The first-order valence-corrected chi connectivity index (χ1v) is 11.3. The molecule has 0 aliphatic carbocycles. The molecule has 0 spiro atoms. The summed E-state index contributed by atoms with van der Waals surface area (Å²) in [5.41, 5.74) is 3.17. The predicted molar refractivity (Wildman–Crippen MR) is 124 cm³/mol. The van der Waals surface area contributed by atoms with Crippen LogP contribution in [0.5, 0.6) is 0 Å². The summed E-state index contributed by atoms with van der Waals surface area (Å²) in [6.45, 7) is 4.90. The largest absolute Gasteiger partial charge is 0.444 e. The van der Waals surface area contributed by atoms with Gasteiger partial charge in [0, 0.05) is 34.2 Å². The number of amides is 2. The van der Waals surface area contributed by atoms with E-state index in [0.29, 0.717) is 24.7 Å². The van der Waals surface area contributed by atoms with Crippen molar-refractivity contribution in [1.29, 1.82) is 0 Å². The van der Waals surface area contributed by atoms with Gasteiger partial charge in [-0.15, -0.1) is 11.3 Å². The Labute approximate surface area is 190 Å². The monoisotopic (exact) mass is 451 g/mol. The second-order valence-electron chi connectivity index (χ2n) is 7.70. The number of rotatable bonds is 7. The molecule has 2 N–H and O–H groups in total. The summed E-state index contributed by atoms with van der Waals surface area (Å²) >= 11 is 1.68. The lowest BCUT2D eigenvalue weighted by Crippen LogP contribution is -2.29. The van der Waals surface area contributed by atoms with Crippen molar-refractivity contribution in [2.75, 3.05) is 23.7 Å². The highest BCUT2D eigenvalue weighted by atomic mass is 32.1. The molecule has 1 unspecified atom stereocenters. The van der Waals surface area contributed by atoms with Crippen LogP contribution < -0.4 is 10.6 Å². The molecule has 1 atom stereocenters. The van der Waals surface area contributed by atoms with E-state index in [1.54, 1.807) is 28.4 Å². The molecule has 32 heavy (non-hydrogen) atoms. The molecule has 4 rings (SSSR count). The molecule has 3 aromatic rings. The Morgan fingerprint density at radius 3 is 2.56 bits per heavy atom. The Bertz CT molecular complexity index is 1070. The van der Waals surface area contributed by atoms with Crippen molar-refractivity contribution >= 4 is 40.7 Å². The molecule has 8 nitrogen and oxygen atoms in total. The van der Waals surface area contributed by atoms with Gasteiger partial charge in [0.1, 0.15) is 6.10 Å². The number of carbonyl (C=O) groups excluding carboxylic acids is 2. The first kappa shape index (κ1) is 21.8. The second-order valence-corrected chi connectivity index (χ2v) is 8.73. The minimum Gasteiger partial charge on any atom is -0.444 e. The Balaban J connectivity index is 1.25. The minimum atomic E-state index is -0.568. The number of hydrogen-bond donors (Lipinski definition) is 2. The lowest BCUT2D eigenvalue weighted by Gasteiger charge is -2.16. The third kappa shape index (κ3) is 5.82. The molecular weight excluding hydrogens is 426 g/mol. The fourth-order valence-corrected chi connectivity index (χ4v) is 4.28. The van der Waals surface area contributed by atoms with Gasteiger partial charge in [0.25, 0.3) is 0 Å². The van der Waals surface area contributed by atoms with Crippen molar-refractivity contribution in [2.45, 2.75) is 32.8 Å². The number of carbonyl (C=O) groups is 2. The maximum atomic E-state index is 12.3. The van der Waals surface area contributed by atoms with E-state index in [9.17, 15) is 9.59 Å². The van der Waals surface area contributed by atoms with Crippen molar-refractivity contribution in [3.8, 4) is 0 Å². The van der Waals surface area contributed by atoms with Crippen LogP contribution in [0.1, 0.15) is 22.7 Å². The number of benzene rings is 1. The average molecular weight is 452 g/mol. The van der Waals surface area contributed by atoms with E-state index in [-0.39, 0.29) is 12.3 Å². The van der Waals surface area contributed by atoms with Crippen LogP contribution in [-0.4, -0.2) is 46.1 Å². The SMILES string of the molecule is Cc1cc(C)nc(Nc2ccc(NC(=O)OC3CC(=O)N(CCc4cccs4)C3)cc2)n1. The summed E-state index contributed by atoms with van der Waals surface area (Å²) in [7, 11) is 0. The van der Waals surface area contributed by atoms with Crippen LogP contribution in [0.15, 0.2) is 47.8 Å². The summed E-state index contributed by atoms with van der Waals surface area (Å²) in [6.07, 6.45) is 0.0294. The molecule has 0 bridgehead atoms. The highest BCUT2D eigenvalue weighted by Crippen LogP contribution is 2.20. The number of thiophene rings is 1. The van der Waals surface area contributed by atoms with Crippen LogP contribution >= 0.6 is 11.3 Å². The van der Waals surface area contributed by atoms with Crippen LogP contribution in [0.25, 0.3) is 0 Å². The molecule has 0 saturated carbocycles. The van der Waals surface area contributed by atoms with Gasteiger partial charge in [-0.05, 0) is 62.0 Å². The Kier molecular flexibility index (Phi) is 6.65. The van der Waals surface area contributed by atoms with Crippen LogP contribution in [0.3, 0.4) is 0 Å². The number of anilines is 3. The van der Waals surface area contributed by atoms with Crippen LogP contribution in [0.2, 0.25) is 0 Å². The van der Waals surface area contributed by atoms with E-state index in [0.717, 1.165) is 23.5 Å². The Morgan fingerprint density at radius 1 is 1.16 bits per heavy atom. The molecule has 166 valence electrons. The second kappa shape index (κ2) is 9.78. The van der Waals surface area contributed by atoms with E-state index in [1.807, 2.05) is 43.5 Å². The topological polar surface area (TPSA) is 96.4 Å². The molecule has 1 aliphatic heterocycles. The number of nitrogens with zero attached hydrogens (tertiary/aromatic N) is 3. The van der Waals surface area contributed by atoms with Gasteiger partial charge in [0.15, 0.2) is 0 Å². The zero-order chi connectivity index (χ0) is 22.5. The third-order valence-electron chi connectivity index (χ3n) is 5.03. The molecule has 1 saturated heterocycles. The van der Waals surface area contributed by atoms with Gasteiger partial charge in [0.05, 0.1) is 13.0 Å². The fraction of sp³-hybridized carbons (Fsp3) is 0.304. The van der Waals surface area contributed by atoms with Crippen LogP contribution in [0, 0.1) is 13.8 Å². The fourth-order valence-electron chi connectivity index (χ4n) is 3.58. The van der Waals surface area contributed by atoms with Crippen molar-refractivity contribution < 1.29 is 14.3 Å². The smallest absolute Gasteiger partial charge is 0.411 e. The standard InChI is InChI=1S/C23H25N5O3S/c1-15-12-16(2)25-22(24-15)26-17-5-7-18(8-6-17)27-23(30)31-19-13-21(29)28(14-19)10-9-20-4-3-11-32-20/h3-8,11-12,19H,9-10,13-14H2,1-2H3,(H,27,30)(H,24,25,26). The van der Waals surface area contributed by atoms with Crippen molar-refractivity contribution in [1.82, 2.24) is 14.9 Å². The van der Waals surface area contributed by atoms with Gasteiger partial charge < -0.3 is 15.0 Å². The summed E-state index contributed by atoms with van der Waals surface area (Å²) < 4.78 is 5.46. The molecule has 1 aliphatic rings. The van der Waals surface area contributed by atoms with Crippen LogP contribution in [-0.2, 0) is 16.0 Å². The van der Waals surface area contributed by atoms with E-state index >= 15 is 0 Å². The zero-order valence-electron chi connectivity index (χ0n) is 18.0. The Morgan fingerprint density at radius 2 is 1.88 bits per heavy atom. The average Bonchev–Trinajstić information content (AvgIpc) is 3.36. The van der Waals surface area contributed by atoms with Gasteiger partial charge >= 0.3 is 6.09 Å². The van der Waals surface area contributed by atoms with E-state index in [2.05, 4.69) is 26.7 Å². The number of nitrogens with one attached hydrogen (secondary N) is 2. The maximum Gasteiger partial charge on any atom is 0.411 e. The molecule has 1 fully saturated rings. The van der Waals surface area contributed by atoms with Crippen molar-refractivity contribution in [3.63, 3.8) is 0 Å². The van der Waals surface area contributed by atoms with E-state index in [1.165, 1.54) is 4.88 Å². The van der Waals surface area contributed by atoms with Gasteiger partial charge in [-0.2, -0.15) is 0 Å². The molecule has 1 aromatic carbocycles. The normalized spacial score (nSPS) is 15.6. The third-order valence-corrected chi connectivity index (χ3v) is 5.97. The summed E-state index contributed by atoms with van der Waals surface area (Å²) in [5.74, 6) is 0.542. The lowest BCUT2D eigenvalue weighted by atomic mass is 10.3. The first-order valence-electron chi connectivity index (χ1n) is 10.4. The highest BCUT2D eigenvalue weighted by Gasteiger charge is 2.32. The highest BCUT2D eigenvalue weighted by molar-refractivity contribution is 7.09.